The zero-order valence-electron chi connectivity index (χ0n) is 16.0. The second-order valence-electron chi connectivity index (χ2n) is 6.81. The number of anilines is 2. The molecule has 2 aromatic rings. The van der Waals surface area contributed by atoms with E-state index in [1.807, 2.05) is 0 Å². The van der Waals surface area contributed by atoms with Crippen LogP contribution in [-0.2, 0) is 13.1 Å². The first-order valence-electron chi connectivity index (χ1n) is 9.31. The van der Waals surface area contributed by atoms with Gasteiger partial charge in [-0.2, -0.15) is 0 Å². The van der Waals surface area contributed by atoms with Crippen molar-refractivity contribution in [3.8, 4) is 11.5 Å². The van der Waals surface area contributed by atoms with E-state index in [4.69, 9.17) is 9.47 Å². The van der Waals surface area contributed by atoms with Gasteiger partial charge in [0.15, 0.2) is 6.29 Å². The maximum atomic E-state index is 5.45. The van der Waals surface area contributed by atoms with E-state index in [-0.39, 0.29) is 6.29 Å². The Bertz CT molecular complexity index is 742. The van der Waals surface area contributed by atoms with Crippen molar-refractivity contribution in [2.75, 3.05) is 37.1 Å². The summed E-state index contributed by atoms with van der Waals surface area (Å²) in [4.78, 5) is 7.53. The average Bonchev–Trinajstić information content (AvgIpc) is 2.68. The highest BCUT2D eigenvalue weighted by atomic mass is 16.5. The third-order valence-corrected chi connectivity index (χ3v) is 5.57. The average molecular weight is 353 g/mol. The normalized spacial score (nSPS) is 15.7. The van der Waals surface area contributed by atoms with E-state index >= 15 is 0 Å². The van der Waals surface area contributed by atoms with Crippen molar-refractivity contribution >= 4 is 11.4 Å². The van der Waals surface area contributed by atoms with Crippen molar-refractivity contribution in [2.45, 2.75) is 33.2 Å². The summed E-state index contributed by atoms with van der Waals surface area (Å²) in [6.45, 7) is 8.27. The number of fused-ring (bicyclic) bond motifs is 6. The van der Waals surface area contributed by atoms with Gasteiger partial charge < -0.3 is 19.3 Å². The van der Waals surface area contributed by atoms with E-state index < -0.39 is 0 Å². The largest absolute Gasteiger partial charge is 0.497 e. The topological polar surface area (TPSA) is 28.2 Å². The number of benzene rings is 2. The Hall–Kier alpha value is -2.40. The van der Waals surface area contributed by atoms with E-state index in [2.05, 4.69) is 64.9 Å². The van der Waals surface area contributed by atoms with Gasteiger partial charge in [0.05, 0.1) is 14.2 Å². The van der Waals surface area contributed by atoms with Gasteiger partial charge >= 0.3 is 0 Å². The molecule has 0 amide bonds. The van der Waals surface area contributed by atoms with Gasteiger partial charge in [0, 0.05) is 24.5 Å². The van der Waals surface area contributed by atoms with Crippen LogP contribution in [0.1, 0.15) is 25.0 Å². The van der Waals surface area contributed by atoms with E-state index in [0.717, 1.165) is 37.7 Å². The second-order valence-corrected chi connectivity index (χ2v) is 6.81. The van der Waals surface area contributed by atoms with Crippen LogP contribution in [0.25, 0.3) is 0 Å². The molecule has 0 aliphatic carbocycles. The Morgan fingerprint density at radius 3 is 1.69 bits per heavy atom. The zero-order chi connectivity index (χ0) is 18.3. The monoisotopic (exact) mass is 353 g/mol. The number of ether oxygens (including phenoxy) is 2. The van der Waals surface area contributed by atoms with Crippen molar-refractivity contribution in [3.05, 3.63) is 47.5 Å². The molecule has 0 spiro atoms. The maximum Gasteiger partial charge on any atom is 0.161 e. The standard InChI is InChI=1S/C21H27N3O2/c1-5-22(6-2)21-23-13-15-11-17(25-3)7-9-19(15)24(21)14-16-12-18(26-4)8-10-20(16)23/h7-12,21H,5-6,13-14H2,1-4H3. The van der Waals surface area contributed by atoms with Crippen LogP contribution in [0.4, 0.5) is 11.4 Å². The van der Waals surface area contributed by atoms with Crippen LogP contribution in [0.2, 0.25) is 0 Å². The van der Waals surface area contributed by atoms with Crippen LogP contribution in [0.15, 0.2) is 36.4 Å². The first-order valence-corrected chi connectivity index (χ1v) is 9.31. The van der Waals surface area contributed by atoms with Gasteiger partial charge in [-0.3, -0.25) is 4.90 Å². The minimum Gasteiger partial charge on any atom is -0.497 e. The highest BCUT2D eigenvalue weighted by Crippen LogP contribution is 2.43. The van der Waals surface area contributed by atoms with Crippen molar-refractivity contribution in [1.29, 1.82) is 0 Å². The lowest BCUT2D eigenvalue weighted by Gasteiger charge is -2.54. The summed E-state index contributed by atoms with van der Waals surface area (Å²) < 4.78 is 10.9. The summed E-state index contributed by atoms with van der Waals surface area (Å²) >= 11 is 0. The zero-order valence-corrected chi connectivity index (χ0v) is 16.0. The molecule has 0 fully saturated rings. The summed E-state index contributed by atoms with van der Waals surface area (Å²) in [6, 6.07) is 12.9. The first kappa shape index (κ1) is 17.0. The second kappa shape index (κ2) is 6.72. The highest BCUT2D eigenvalue weighted by Gasteiger charge is 2.40. The number of nitrogens with zero attached hydrogens (tertiary/aromatic N) is 3. The van der Waals surface area contributed by atoms with Gasteiger partial charge in [0.2, 0.25) is 0 Å². The molecule has 5 heteroatoms. The lowest BCUT2D eigenvalue weighted by atomic mass is 9.99. The molecule has 0 unspecified atom stereocenters. The van der Waals surface area contributed by atoms with Crippen LogP contribution in [0.3, 0.4) is 0 Å². The molecule has 2 aliphatic heterocycles. The Morgan fingerprint density at radius 1 is 0.846 bits per heavy atom. The lowest BCUT2D eigenvalue weighted by Crippen LogP contribution is -2.63. The number of methoxy groups -OCH3 is 2. The first-order chi connectivity index (χ1) is 12.7. The van der Waals surface area contributed by atoms with Gasteiger partial charge in [-0.05, 0) is 60.6 Å². The van der Waals surface area contributed by atoms with Crippen LogP contribution in [0.5, 0.6) is 11.5 Å². The summed E-state index contributed by atoms with van der Waals surface area (Å²) in [6.07, 6.45) is 0.242. The number of rotatable bonds is 5. The fraction of sp³-hybridized carbons (Fsp3) is 0.429. The molecule has 4 rings (SSSR count). The van der Waals surface area contributed by atoms with Gasteiger partial charge in [-0.25, -0.2) is 0 Å². The molecule has 0 N–H and O–H groups in total. The molecular formula is C21H27N3O2. The molecule has 2 bridgehead atoms. The van der Waals surface area contributed by atoms with E-state index in [0.29, 0.717) is 0 Å². The minimum absolute atomic E-state index is 0.242. The van der Waals surface area contributed by atoms with Crippen LogP contribution >= 0.6 is 0 Å². The van der Waals surface area contributed by atoms with E-state index in [9.17, 15) is 0 Å². The molecule has 5 nitrogen and oxygen atoms in total. The predicted molar refractivity (Wildman–Crippen MR) is 105 cm³/mol. The SMILES string of the molecule is CCN(CC)C1N2Cc3cc(OC)ccc3N1Cc1cc(OC)ccc12. The summed E-state index contributed by atoms with van der Waals surface area (Å²) in [7, 11) is 3.46. The smallest absolute Gasteiger partial charge is 0.161 e. The fourth-order valence-corrected chi connectivity index (χ4v) is 4.25. The third-order valence-electron chi connectivity index (χ3n) is 5.57. The lowest BCUT2D eigenvalue weighted by molar-refractivity contribution is 0.188. The molecule has 2 aliphatic rings. The Balaban J connectivity index is 1.84. The highest BCUT2D eigenvalue weighted by molar-refractivity contribution is 5.70. The molecule has 0 atom stereocenters. The molecular weight excluding hydrogens is 326 g/mol. The van der Waals surface area contributed by atoms with Crippen molar-refractivity contribution < 1.29 is 9.47 Å². The van der Waals surface area contributed by atoms with E-state index in [1.54, 1.807) is 14.2 Å². The molecule has 0 saturated carbocycles. The molecule has 26 heavy (non-hydrogen) atoms. The van der Waals surface area contributed by atoms with Crippen molar-refractivity contribution in [1.82, 2.24) is 4.90 Å². The molecule has 0 saturated heterocycles. The third kappa shape index (κ3) is 2.58. The molecule has 138 valence electrons. The Morgan fingerprint density at radius 2 is 1.31 bits per heavy atom. The molecule has 2 heterocycles. The Kier molecular flexibility index (Phi) is 4.41. The van der Waals surface area contributed by atoms with Gasteiger partial charge in [-0.1, -0.05) is 13.8 Å². The van der Waals surface area contributed by atoms with Crippen molar-refractivity contribution in [2.24, 2.45) is 0 Å². The molecule has 2 aromatic carbocycles. The van der Waals surface area contributed by atoms with Gasteiger partial charge in [0.1, 0.15) is 11.5 Å². The van der Waals surface area contributed by atoms with Crippen LogP contribution in [-0.4, -0.2) is 38.5 Å². The summed E-state index contributed by atoms with van der Waals surface area (Å²) in [5, 5.41) is 0. The minimum atomic E-state index is 0.242. The van der Waals surface area contributed by atoms with Crippen LogP contribution in [0, 0.1) is 0 Å². The molecule has 0 aromatic heterocycles. The fourth-order valence-electron chi connectivity index (χ4n) is 4.25. The van der Waals surface area contributed by atoms with Gasteiger partial charge in [-0.15, -0.1) is 0 Å². The number of hydrogen-bond acceptors (Lipinski definition) is 5. The van der Waals surface area contributed by atoms with Gasteiger partial charge in [0.25, 0.3) is 0 Å². The Labute approximate surface area is 155 Å². The number of hydrogen-bond donors (Lipinski definition) is 0. The predicted octanol–water partition coefficient (Wildman–Crippen LogP) is 3.67. The van der Waals surface area contributed by atoms with Crippen LogP contribution < -0.4 is 19.3 Å². The summed E-state index contributed by atoms with van der Waals surface area (Å²) in [5.41, 5.74) is 5.23. The quantitative estimate of drug-likeness (QED) is 0.818. The molecule has 0 radical (unpaired) electrons. The summed E-state index contributed by atoms with van der Waals surface area (Å²) in [5.74, 6) is 1.83. The maximum absolute atomic E-state index is 5.45. The van der Waals surface area contributed by atoms with E-state index in [1.165, 1.54) is 22.5 Å². The van der Waals surface area contributed by atoms with Crippen molar-refractivity contribution in [3.63, 3.8) is 0 Å².